The maximum absolute atomic E-state index is 12.9. The van der Waals surface area contributed by atoms with Crippen LogP contribution in [0, 0.1) is 0 Å². The van der Waals surface area contributed by atoms with E-state index < -0.39 is 0 Å². The molecule has 0 atom stereocenters. The van der Waals surface area contributed by atoms with Gasteiger partial charge in [0.25, 0.3) is 5.56 Å². The molecule has 0 radical (unpaired) electrons. The van der Waals surface area contributed by atoms with Crippen molar-refractivity contribution in [3.63, 3.8) is 0 Å². The molecule has 0 aliphatic rings. The van der Waals surface area contributed by atoms with E-state index in [4.69, 9.17) is 9.47 Å². The van der Waals surface area contributed by atoms with Gasteiger partial charge in [0.2, 0.25) is 4.96 Å². The second kappa shape index (κ2) is 12.5. The second-order valence-corrected chi connectivity index (χ2v) is 9.61. The van der Waals surface area contributed by atoms with Gasteiger partial charge >= 0.3 is 0 Å². The molecule has 2 heterocycles. The van der Waals surface area contributed by atoms with Crippen LogP contribution in [0.1, 0.15) is 64.4 Å². The summed E-state index contributed by atoms with van der Waals surface area (Å²) in [5.74, 6) is 2.23. The van der Waals surface area contributed by atoms with Gasteiger partial charge in [-0.25, -0.2) is 0 Å². The number of benzene rings is 2. The predicted octanol–water partition coefficient (Wildman–Crippen LogP) is 5.89. The predicted molar refractivity (Wildman–Crippen MR) is 142 cm³/mol. The Bertz CT molecular complexity index is 1310. The van der Waals surface area contributed by atoms with Gasteiger partial charge in [0, 0.05) is 5.56 Å². The molecule has 184 valence electrons. The Hall–Kier alpha value is -3.19. The van der Waals surface area contributed by atoms with E-state index in [0.717, 1.165) is 48.7 Å². The molecule has 0 bridgehead atoms. The number of ether oxygens (including phenoxy) is 2. The van der Waals surface area contributed by atoms with Gasteiger partial charge in [0.15, 0.2) is 5.82 Å². The summed E-state index contributed by atoms with van der Waals surface area (Å²) in [5, 5.41) is 4.46. The summed E-state index contributed by atoms with van der Waals surface area (Å²) >= 11 is 1.34. The van der Waals surface area contributed by atoms with Crippen LogP contribution in [0.25, 0.3) is 22.4 Å². The lowest BCUT2D eigenvalue weighted by atomic mass is 10.2. The summed E-state index contributed by atoms with van der Waals surface area (Å²) < 4.78 is 13.6. The van der Waals surface area contributed by atoms with Crippen LogP contribution in [-0.2, 0) is 0 Å². The molecule has 0 amide bonds. The largest absolute Gasteiger partial charge is 0.494 e. The minimum atomic E-state index is -0.157. The Labute approximate surface area is 210 Å². The number of fused-ring (bicyclic) bond motifs is 1. The molecule has 7 heteroatoms. The summed E-state index contributed by atoms with van der Waals surface area (Å²) in [6.45, 7) is 5.83. The quantitative estimate of drug-likeness (QED) is 0.218. The average Bonchev–Trinajstić information content (AvgIpc) is 3.42. The van der Waals surface area contributed by atoms with Crippen molar-refractivity contribution in [2.24, 2.45) is 0 Å². The first-order valence-electron chi connectivity index (χ1n) is 12.6. The van der Waals surface area contributed by atoms with Gasteiger partial charge in [-0.1, -0.05) is 69.4 Å². The molecule has 4 aromatic rings. The van der Waals surface area contributed by atoms with Gasteiger partial charge in [-0.3, -0.25) is 4.79 Å². The third kappa shape index (κ3) is 6.69. The Balaban J connectivity index is 1.42. The van der Waals surface area contributed by atoms with E-state index in [-0.39, 0.29) is 5.56 Å². The molecule has 4 rings (SSSR count). The van der Waals surface area contributed by atoms with Crippen molar-refractivity contribution in [3.8, 4) is 22.9 Å². The summed E-state index contributed by atoms with van der Waals surface area (Å²) in [7, 11) is 0. The third-order valence-electron chi connectivity index (χ3n) is 5.76. The zero-order valence-electron chi connectivity index (χ0n) is 20.5. The highest BCUT2D eigenvalue weighted by Gasteiger charge is 2.12. The Kier molecular flexibility index (Phi) is 8.90. The van der Waals surface area contributed by atoms with Gasteiger partial charge in [-0.15, -0.1) is 5.10 Å². The maximum Gasteiger partial charge on any atom is 0.291 e. The minimum absolute atomic E-state index is 0.157. The summed E-state index contributed by atoms with van der Waals surface area (Å²) in [4.78, 5) is 18.1. The lowest BCUT2D eigenvalue weighted by Crippen LogP contribution is -2.23. The van der Waals surface area contributed by atoms with E-state index in [1.54, 1.807) is 0 Å². The second-order valence-electron chi connectivity index (χ2n) is 8.60. The molecule has 0 aliphatic heterocycles. The molecule has 35 heavy (non-hydrogen) atoms. The fourth-order valence-corrected chi connectivity index (χ4v) is 4.64. The van der Waals surface area contributed by atoms with E-state index in [9.17, 15) is 4.79 Å². The molecule has 0 N–H and O–H groups in total. The Morgan fingerprint density at radius 2 is 1.43 bits per heavy atom. The lowest BCUT2D eigenvalue weighted by molar-refractivity contribution is 0.305. The van der Waals surface area contributed by atoms with Crippen LogP contribution in [0.4, 0.5) is 0 Å². The smallest absolute Gasteiger partial charge is 0.291 e. The number of hydrogen-bond donors (Lipinski definition) is 0. The van der Waals surface area contributed by atoms with Gasteiger partial charge in [-0.05, 0) is 60.9 Å². The molecule has 0 saturated carbocycles. The number of nitrogens with zero attached hydrogens (tertiary/aromatic N) is 3. The first kappa shape index (κ1) is 24.9. The zero-order valence-corrected chi connectivity index (χ0v) is 21.4. The molecule has 0 saturated heterocycles. The molecular formula is C28H33N3O3S. The van der Waals surface area contributed by atoms with E-state index in [2.05, 4.69) is 23.9 Å². The van der Waals surface area contributed by atoms with Crippen molar-refractivity contribution in [2.75, 3.05) is 13.2 Å². The van der Waals surface area contributed by atoms with Gasteiger partial charge in [-0.2, -0.15) is 9.50 Å². The SMILES string of the molecule is CCCCCCOc1ccc(-c2nc3s/c(=C/c4ccc(OCCCCC)cc4)c(=O)n3n2)cc1. The number of hydrogen-bond acceptors (Lipinski definition) is 6. The van der Waals surface area contributed by atoms with Crippen LogP contribution in [-0.4, -0.2) is 27.8 Å². The lowest BCUT2D eigenvalue weighted by Gasteiger charge is -2.06. The van der Waals surface area contributed by atoms with E-state index >= 15 is 0 Å². The normalized spacial score (nSPS) is 11.9. The van der Waals surface area contributed by atoms with Crippen LogP contribution >= 0.6 is 11.3 Å². The van der Waals surface area contributed by atoms with Crippen molar-refractivity contribution in [1.82, 2.24) is 14.6 Å². The van der Waals surface area contributed by atoms with Crippen molar-refractivity contribution in [3.05, 3.63) is 69.0 Å². The molecule has 2 aromatic heterocycles. The van der Waals surface area contributed by atoms with E-state index in [0.29, 0.717) is 15.3 Å². The number of aromatic nitrogens is 3. The van der Waals surface area contributed by atoms with Crippen molar-refractivity contribution >= 4 is 22.4 Å². The summed E-state index contributed by atoms with van der Waals surface area (Å²) in [6, 6.07) is 15.5. The van der Waals surface area contributed by atoms with Crippen molar-refractivity contribution in [1.29, 1.82) is 0 Å². The number of unbranched alkanes of at least 4 members (excludes halogenated alkanes) is 5. The van der Waals surface area contributed by atoms with E-state index in [1.165, 1.54) is 48.0 Å². The summed E-state index contributed by atoms with van der Waals surface area (Å²) in [5.41, 5.74) is 1.65. The first-order chi connectivity index (χ1) is 17.2. The Morgan fingerprint density at radius 3 is 2.06 bits per heavy atom. The van der Waals surface area contributed by atoms with Crippen LogP contribution in [0.15, 0.2) is 53.3 Å². The fourth-order valence-electron chi connectivity index (χ4n) is 3.73. The van der Waals surface area contributed by atoms with Crippen LogP contribution in [0.3, 0.4) is 0 Å². The molecular weight excluding hydrogens is 458 g/mol. The van der Waals surface area contributed by atoms with Gasteiger partial charge in [0.05, 0.1) is 17.7 Å². The topological polar surface area (TPSA) is 65.7 Å². The molecule has 2 aromatic carbocycles. The van der Waals surface area contributed by atoms with Crippen LogP contribution in [0.2, 0.25) is 0 Å². The van der Waals surface area contributed by atoms with Gasteiger partial charge in [0.1, 0.15) is 11.5 Å². The molecule has 0 unspecified atom stereocenters. The van der Waals surface area contributed by atoms with Crippen molar-refractivity contribution < 1.29 is 9.47 Å². The highest BCUT2D eigenvalue weighted by Crippen LogP contribution is 2.21. The average molecular weight is 492 g/mol. The number of thiazole rings is 1. The van der Waals surface area contributed by atoms with Gasteiger partial charge < -0.3 is 9.47 Å². The number of rotatable bonds is 13. The summed E-state index contributed by atoms with van der Waals surface area (Å²) in [6.07, 6.45) is 10.0. The van der Waals surface area contributed by atoms with Crippen LogP contribution < -0.4 is 19.6 Å². The maximum atomic E-state index is 12.9. The Morgan fingerprint density at radius 1 is 0.829 bits per heavy atom. The standard InChI is InChI=1S/C28H33N3O3S/c1-3-5-7-9-19-34-24-16-12-22(13-17-24)26-29-28-31(30-26)27(32)25(35-28)20-21-10-14-23(15-11-21)33-18-8-6-4-2/h10-17,20H,3-9,18-19H2,1-2H3/b25-20+. The fraction of sp³-hybridized carbons (Fsp3) is 0.393. The third-order valence-corrected chi connectivity index (χ3v) is 6.71. The highest BCUT2D eigenvalue weighted by molar-refractivity contribution is 7.15. The molecule has 0 aliphatic carbocycles. The first-order valence-corrected chi connectivity index (χ1v) is 13.4. The highest BCUT2D eigenvalue weighted by atomic mass is 32.1. The van der Waals surface area contributed by atoms with Crippen molar-refractivity contribution in [2.45, 2.75) is 58.8 Å². The zero-order chi connectivity index (χ0) is 24.5. The van der Waals surface area contributed by atoms with Crippen LogP contribution in [0.5, 0.6) is 11.5 Å². The van der Waals surface area contributed by atoms with E-state index in [1.807, 2.05) is 54.6 Å². The minimum Gasteiger partial charge on any atom is -0.494 e. The molecule has 0 fully saturated rings. The molecule has 6 nitrogen and oxygen atoms in total. The molecule has 0 spiro atoms. The monoisotopic (exact) mass is 491 g/mol.